The molecular formula is C32H36N8O4S. The molecule has 13 heteroatoms. The zero-order valence-corrected chi connectivity index (χ0v) is 25.9. The standard InChI is InChI=1S/C32H36N8O4S/c1-19-16-39(31(43)23-12-33-18-34-13-23)7-8-40(19)24-9-21(10-24)30(42)38-32-37-25-6-5-20(11-28(25)45-32)22-14-35-29(36-15-22)17-44-27-4-2-3-26(27)41/h5-6,11-15,18-19,21,24,26-27,41H,2-4,7-10,16-17H2,1H3,(H,37,38,42)/t19-,21-,24+,26-,27-/m0/s1. The summed E-state index contributed by atoms with van der Waals surface area (Å²) in [6.07, 6.45) is 11.8. The predicted octanol–water partition coefficient (Wildman–Crippen LogP) is 3.54. The monoisotopic (exact) mass is 628 g/mol. The van der Waals surface area contributed by atoms with Crippen LogP contribution in [0.3, 0.4) is 0 Å². The SMILES string of the molecule is C[C@H]1CN(C(=O)c2cncnc2)CCN1[C@H]1C[C@@H](C(=O)Nc2nc3ccc(-c4cnc(CO[C@H]5CCC[C@@H]5O)nc4)cc3s2)C1. The maximum atomic E-state index is 13.1. The molecule has 2 amide bonds. The molecule has 3 atom stereocenters. The zero-order valence-electron chi connectivity index (χ0n) is 25.1. The van der Waals surface area contributed by atoms with E-state index in [1.807, 2.05) is 23.1 Å². The van der Waals surface area contributed by atoms with Gasteiger partial charge in [0.1, 0.15) is 12.9 Å². The van der Waals surface area contributed by atoms with E-state index in [9.17, 15) is 14.7 Å². The fourth-order valence-electron chi connectivity index (χ4n) is 6.59. The van der Waals surface area contributed by atoms with Crippen LogP contribution in [0.15, 0.2) is 49.3 Å². The van der Waals surface area contributed by atoms with Crippen molar-refractivity contribution in [1.29, 1.82) is 0 Å². The normalized spacial score (nSPS) is 25.3. The third-order valence-electron chi connectivity index (χ3n) is 9.23. The van der Waals surface area contributed by atoms with E-state index in [0.717, 1.165) is 60.0 Å². The second kappa shape index (κ2) is 12.8. The molecule has 3 aromatic heterocycles. The largest absolute Gasteiger partial charge is 0.390 e. The number of aliphatic hydroxyl groups is 1. The van der Waals surface area contributed by atoms with E-state index in [1.54, 1.807) is 24.8 Å². The summed E-state index contributed by atoms with van der Waals surface area (Å²) in [7, 11) is 0. The Kier molecular flexibility index (Phi) is 8.49. The van der Waals surface area contributed by atoms with Gasteiger partial charge in [-0.05, 0) is 56.7 Å². The fraction of sp³-hybridized carbons (Fsp3) is 0.469. The van der Waals surface area contributed by atoms with Gasteiger partial charge in [0.15, 0.2) is 11.0 Å². The Bertz CT molecular complexity index is 1660. The summed E-state index contributed by atoms with van der Waals surface area (Å²) in [5.41, 5.74) is 3.19. The van der Waals surface area contributed by atoms with Gasteiger partial charge in [0, 0.05) is 68.0 Å². The van der Waals surface area contributed by atoms with Crippen LogP contribution >= 0.6 is 11.3 Å². The molecule has 0 radical (unpaired) electrons. The first kappa shape index (κ1) is 29.8. The van der Waals surface area contributed by atoms with E-state index in [4.69, 9.17) is 4.74 Å². The fourth-order valence-corrected chi connectivity index (χ4v) is 7.50. The number of hydrogen-bond donors (Lipinski definition) is 2. The lowest BCUT2D eigenvalue weighted by atomic mass is 9.78. The number of rotatable bonds is 8. The number of thiazole rings is 1. The molecule has 234 valence electrons. The highest BCUT2D eigenvalue weighted by molar-refractivity contribution is 7.22. The first-order valence-electron chi connectivity index (χ1n) is 15.5. The molecule has 7 rings (SSSR count). The van der Waals surface area contributed by atoms with Gasteiger partial charge in [-0.3, -0.25) is 14.5 Å². The summed E-state index contributed by atoms with van der Waals surface area (Å²) in [6, 6.07) is 6.52. The summed E-state index contributed by atoms with van der Waals surface area (Å²) >= 11 is 1.46. The molecule has 1 aromatic carbocycles. The van der Waals surface area contributed by atoms with E-state index < -0.39 is 6.10 Å². The Balaban J connectivity index is 0.904. The lowest BCUT2D eigenvalue weighted by molar-refractivity contribution is -0.125. The molecule has 2 N–H and O–H groups in total. The number of aromatic nitrogens is 5. The minimum Gasteiger partial charge on any atom is -0.390 e. The van der Waals surface area contributed by atoms with Crippen molar-refractivity contribution in [3.63, 3.8) is 0 Å². The molecule has 3 fully saturated rings. The highest BCUT2D eigenvalue weighted by Gasteiger charge is 2.41. The van der Waals surface area contributed by atoms with Crippen molar-refractivity contribution in [2.45, 2.75) is 69.9 Å². The minimum absolute atomic E-state index is 0.00686. The summed E-state index contributed by atoms with van der Waals surface area (Å²) in [6.45, 7) is 4.50. The molecular weight excluding hydrogens is 592 g/mol. The van der Waals surface area contributed by atoms with Gasteiger partial charge in [0.2, 0.25) is 5.91 Å². The summed E-state index contributed by atoms with van der Waals surface area (Å²) < 4.78 is 6.77. The number of nitrogens with one attached hydrogen (secondary N) is 1. The first-order chi connectivity index (χ1) is 21.9. The molecule has 4 aromatic rings. The Morgan fingerprint density at radius 3 is 2.60 bits per heavy atom. The van der Waals surface area contributed by atoms with Crippen molar-refractivity contribution in [2.75, 3.05) is 25.0 Å². The lowest BCUT2D eigenvalue weighted by Crippen LogP contribution is -2.60. The smallest absolute Gasteiger partial charge is 0.257 e. The lowest BCUT2D eigenvalue weighted by Gasteiger charge is -2.49. The van der Waals surface area contributed by atoms with Crippen LogP contribution in [-0.4, -0.2) is 95.6 Å². The van der Waals surface area contributed by atoms with Crippen LogP contribution in [0.5, 0.6) is 0 Å². The second-order valence-corrected chi connectivity index (χ2v) is 13.2. The quantitative estimate of drug-likeness (QED) is 0.297. The van der Waals surface area contributed by atoms with E-state index >= 15 is 0 Å². The van der Waals surface area contributed by atoms with E-state index in [-0.39, 0.29) is 36.5 Å². The number of ether oxygens (including phenoxy) is 1. The second-order valence-electron chi connectivity index (χ2n) is 12.2. The van der Waals surface area contributed by atoms with Gasteiger partial charge in [-0.1, -0.05) is 17.4 Å². The van der Waals surface area contributed by atoms with Crippen molar-refractivity contribution in [2.24, 2.45) is 5.92 Å². The number of piperazine rings is 1. The molecule has 0 spiro atoms. The maximum Gasteiger partial charge on any atom is 0.257 e. The third-order valence-corrected chi connectivity index (χ3v) is 10.2. The summed E-state index contributed by atoms with van der Waals surface area (Å²) in [5, 5.41) is 13.6. The first-order valence-corrected chi connectivity index (χ1v) is 16.4. The highest BCUT2D eigenvalue weighted by Crippen LogP contribution is 2.36. The van der Waals surface area contributed by atoms with Gasteiger partial charge in [-0.2, -0.15) is 0 Å². The van der Waals surface area contributed by atoms with Crippen LogP contribution in [0, 0.1) is 5.92 Å². The van der Waals surface area contributed by atoms with Gasteiger partial charge in [0.25, 0.3) is 5.91 Å². The summed E-state index contributed by atoms with van der Waals surface area (Å²) in [5.74, 6) is 0.504. The summed E-state index contributed by atoms with van der Waals surface area (Å²) in [4.78, 5) is 51.7. The maximum absolute atomic E-state index is 13.1. The number of hydrogen-bond acceptors (Lipinski definition) is 11. The van der Waals surface area contributed by atoms with Crippen molar-refractivity contribution >= 4 is 38.5 Å². The van der Waals surface area contributed by atoms with Crippen LogP contribution in [0.1, 0.15) is 55.2 Å². The van der Waals surface area contributed by atoms with Crippen LogP contribution in [0.25, 0.3) is 21.3 Å². The highest BCUT2D eigenvalue weighted by atomic mass is 32.1. The van der Waals surface area contributed by atoms with Gasteiger partial charge in [0.05, 0.1) is 28.0 Å². The molecule has 2 aliphatic carbocycles. The Hall–Kier alpha value is -3.91. The number of carbonyl (C=O) groups is 2. The van der Waals surface area contributed by atoms with Crippen LogP contribution in [-0.2, 0) is 16.1 Å². The molecule has 12 nitrogen and oxygen atoms in total. The van der Waals surface area contributed by atoms with E-state index in [2.05, 4.69) is 42.1 Å². The molecule has 2 saturated carbocycles. The number of amides is 2. The van der Waals surface area contributed by atoms with Gasteiger partial charge in [-0.25, -0.2) is 24.9 Å². The Labute approximate surface area is 264 Å². The molecule has 1 aliphatic heterocycles. The Morgan fingerprint density at radius 1 is 1.07 bits per heavy atom. The zero-order chi connectivity index (χ0) is 30.9. The van der Waals surface area contributed by atoms with Crippen LogP contribution in [0.2, 0.25) is 0 Å². The minimum atomic E-state index is -0.401. The Morgan fingerprint density at radius 2 is 1.87 bits per heavy atom. The number of fused-ring (bicyclic) bond motifs is 1. The van der Waals surface area contributed by atoms with Gasteiger partial charge >= 0.3 is 0 Å². The van der Waals surface area contributed by atoms with E-state index in [0.29, 0.717) is 35.7 Å². The van der Waals surface area contributed by atoms with Crippen molar-refractivity contribution in [3.05, 3.63) is 60.7 Å². The molecule has 4 heterocycles. The van der Waals surface area contributed by atoms with Crippen LogP contribution in [0.4, 0.5) is 5.13 Å². The van der Waals surface area contributed by atoms with Crippen LogP contribution < -0.4 is 5.32 Å². The number of carbonyl (C=O) groups excluding carboxylic acids is 2. The number of aliphatic hydroxyl groups excluding tert-OH is 1. The van der Waals surface area contributed by atoms with Crippen molar-refractivity contribution in [1.82, 2.24) is 34.7 Å². The molecule has 3 aliphatic rings. The van der Waals surface area contributed by atoms with Crippen molar-refractivity contribution in [3.8, 4) is 11.1 Å². The third kappa shape index (κ3) is 6.43. The average molecular weight is 629 g/mol. The van der Waals surface area contributed by atoms with Crippen molar-refractivity contribution < 1.29 is 19.4 Å². The average Bonchev–Trinajstić information content (AvgIpc) is 3.64. The molecule has 0 bridgehead atoms. The number of benzene rings is 1. The predicted molar refractivity (Wildman–Crippen MR) is 168 cm³/mol. The molecule has 0 unspecified atom stereocenters. The number of anilines is 1. The topological polar surface area (TPSA) is 147 Å². The molecule has 45 heavy (non-hydrogen) atoms. The number of nitrogens with zero attached hydrogens (tertiary/aromatic N) is 7. The van der Waals surface area contributed by atoms with Gasteiger partial charge < -0.3 is 20.1 Å². The van der Waals surface area contributed by atoms with E-state index in [1.165, 1.54) is 17.7 Å². The molecule has 1 saturated heterocycles. The van der Waals surface area contributed by atoms with Gasteiger partial charge in [-0.15, -0.1) is 0 Å².